The molecule has 0 unspecified atom stereocenters. The third-order valence-corrected chi connectivity index (χ3v) is 3.03. The van der Waals surface area contributed by atoms with Crippen LogP contribution in [-0.2, 0) is 25.6 Å². The van der Waals surface area contributed by atoms with E-state index in [9.17, 15) is 0 Å². The Morgan fingerprint density at radius 2 is 1.65 bits per heavy atom. The molecule has 0 aliphatic rings. The van der Waals surface area contributed by atoms with Crippen molar-refractivity contribution in [2.24, 2.45) is 0 Å². The molecule has 0 bridgehead atoms. The molecule has 20 heavy (non-hydrogen) atoms. The van der Waals surface area contributed by atoms with Crippen LogP contribution in [0.3, 0.4) is 0 Å². The van der Waals surface area contributed by atoms with Crippen LogP contribution in [0.2, 0.25) is 0 Å². The van der Waals surface area contributed by atoms with E-state index >= 15 is 0 Å². The lowest BCUT2D eigenvalue weighted by Crippen LogP contribution is -2.11. The summed E-state index contributed by atoms with van der Waals surface area (Å²) in [5.74, 6) is 0. The quantitative estimate of drug-likeness (QED) is 0.548. The molecule has 0 aromatic carbocycles. The Balaban J connectivity index is 1.93. The maximum Gasteiger partial charge on any atom is 0.135 e. The Labute approximate surface area is 123 Å². The van der Waals surface area contributed by atoms with Crippen molar-refractivity contribution in [2.75, 3.05) is 58.6 Å². The molecule has 1 rings (SSSR count). The van der Waals surface area contributed by atoms with E-state index in [1.807, 2.05) is 6.92 Å². The van der Waals surface area contributed by atoms with E-state index in [0.29, 0.717) is 46.2 Å². The molecule has 0 amide bonds. The smallest absolute Gasteiger partial charge is 0.135 e. The van der Waals surface area contributed by atoms with Crippen LogP contribution in [0, 0.1) is 0 Å². The molecule has 0 spiro atoms. The number of hydrogen-bond donors (Lipinski definition) is 1. The average molecular weight is 305 g/mol. The Kier molecular flexibility index (Phi) is 10.3. The van der Waals surface area contributed by atoms with Crippen molar-refractivity contribution < 1.29 is 18.9 Å². The minimum Gasteiger partial charge on any atom is -0.382 e. The minimum atomic E-state index is 0.451. The largest absolute Gasteiger partial charge is 0.382 e. The normalized spacial score (nSPS) is 10.9. The van der Waals surface area contributed by atoms with Gasteiger partial charge in [0, 0.05) is 25.2 Å². The number of nitrogens with zero attached hydrogens (tertiary/aromatic N) is 2. The number of rotatable bonds is 13. The van der Waals surface area contributed by atoms with Crippen molar-refractivity contribution in [2.45, 2.75) is 13.5 Å². The summed E-state index contributed by atoms with van der Waals surface area (Å²) >= 11 is 1.35. The molecular weight excluding hydrogens is 282 g/mol. The Morgan fingerprint density at radius 3 is 2.30 bits per heavy atom. The molecule has 7 nitrogen and oxygen atoms in total. The van der Waals surface area contributed by atoms with Crippen LogP contribution in [0.25, 0.3) is 0 Å². The van der Waals surface area contributed by atoms with Crippen LogP contribution in [-0.4, -0.2) is 62.9 Å². The van der Waals surface area contributed by atoms with Gasteiger partial charge in [0.2, 0.25) is 0 Å². The first-order valence-corrected chi connectivity index (χ1v) is 7.43. The number of ether oxygens (including phenoxy) is 4. The standard InChI is InChI=1S/C12H23N3O4S/c1-3-13-12-11(14-15-20-12)10-19-9-8-18-7-6-17-5-4-16-2/h13H,3-10H2,1-2H3. The molecular formula is C12H23N3O4S. The molecule has 1 heterocycles. The number of hydrogen-bond acceptors (Lipinski definition) is 8. The monoisotopic (exact) mass is 305 g/mol. The van der Waals surface area contributed by atoms with Crippen LogP contribution in [0.1, 0.15) is 12.6 Å². The fourth-order valence-corrected chi connectivity index (χ4v) is 1.98. The summed E-state index contributed by atoms with van der Waals surface area (Å²) in [5.41, 5.74) is 0.847. The number of nitrogens with one attached hydrogen (secondary N) is 1. The molecule has 0 aliphatic carbocycles. The fraction of sp³-hybridized carbons (Fsp3) is 0.833. The highest BCUT2D eigenvalue weighted by Crippen LogP contribution is 2.17. The highest BCUT2D eigenvalue weighted by molar-refractivity contribution is 7.10. The summed E-state index contributed by atoms with van der Waals surface area (Å²) in [6.45, 7) is 6.75. The van der Waals surface area contributed by atoms with E-state index in [1.165, 1.54) is 11.5 Å². The maximum absolute atomic E-state index is 5.49. The SMILES string of the molecule is CCNc1snnc1COCCOCCOCCOC. The summed E-state index contributed by atoms with van der Waals surface area (Å²) in [4.78, 5) is 0. The topological polar surface area (TPSA) is 74.7 Å². The molecule has 1 aromatic rings. The van der Waals surface area contributed by atoms with Gasteiger partial charge in [0.15, 0.2) is 0 Å². The second kappa shape index (κ2) is 12.0. The lowest BCUT2D eigenvalue weighted by molar-refractivity contribution is 0.000529. The minimum absolute atomic E-state index is 0.451. The molecule has 0 saturated heterocycles. The fourth-order valence-electron chi connectivity index (χ4n) is 1.35. The zero-order chi connectivity index (χ0) is 14.5. The summed E-state index contributed by atoms with van der Waals surface area (Å²) < 4.78 is 24.9. The van der Waals surface area contributed by atoms with Gasteiger partial charge in [-0.15, -0.1) is 5.10 Å². The van der Waals surface area contributed by atoms with Gasteiger partial charge < -0.3 is 24.3 Å². The number of aromatic nitrogens is 2. The van der Waals surface area contributed by atoms with Crippen molar-refractivity contribution in [1.82, 2.24) is 9.59 Å². The molecule has 0 aliphatic heterocycles. The molecule has 1 aromatic heterocycles. The summed E-state index contributed by atoms with van der Waals surface area (Å²) in [6, 6.07) is 0. The Bertz CT molecular complexity index is 338. The first kappa shape index (κ1) is 17.3. The highest BCUT2D eigenvalue weighted by atomic mass is 32.1. The summed E-state index contributed by atoms with van der Waals surface area (Å²) in [6.07, 6.45) is 0. The Morgan fingerprint density at radius 1 is 1.00 bits per heavy atom. The zero-order valence-corrected chi connectivity index (χ0v) is 12.9. The lowest BCUT2D eigenvalue weighted by atomic mass is 10.5. The van der Waals surface area contributed by atoms with Crippen molar-refractivity contribution in [3.8, 4) is 0 Å². The lowest BCUT2D eigenvalue weighted by Gasteiger charge is -2.06. The van der Waals surface area contributed by atoms with Gasteiger partial charge in [0.25, 0.3) is 0 Å². The van der Waals surface area contributed by atoms with E-state index in [-0.39, 0.29) is 0 Å². The second-order valence-electron chi connectivity index (χ2n) is 3.85. The van der Waals surface area contributed by atoms with E-state index in [1.54, 1.807) is 7.11 Å². The molecule has 0 saturated carbocycles. The molecule has 8 heteroatoms. The van der Waals surface area contributed by atoms with Gasteiger partial charge in [-0.05, 0) is 6.92 Å². The van der Waals surface area contributed by atoms with Crippen LogP contribution >= 0.6 is 11.5 Å². The van der Waals surface area contributed by atoms with Gasteiger partial charge >= 0.3 is 0 Å². The van der Waals surface area contributed by atoms with Gasteiger partial charge in [-0.2, -0.15) is 0 Å². The first-order chi connectivity index (χ1) is 9.88. The molecule has 0 radical (unpaired) electrons. The van der Waals surface area contributed by atoms with Gasteiger partial charge in [-0.1, -0.05) is 4.49 Å². The highest BCUT2D eigenvalue weighted by Gasteiger charge is 2.06. The summed E-state index contributed by atoms with van der Waals surface area (Å²) in [7, 11) is 1.65. The molecule has 0 atom stereocenters. The van der Waals surface area contributed by atoms with Gasteiger partial charge in [-0.3, -0.25) is 0 Å². The van der Waals surface area contributed by atoms with E-state index < -0.39 is 0 Å². The average Bonchev–Trinajstić information content (AvgIpc) is 2.89. The van der Waals surface area contributed by atoms with Crippen molar-refractivity contribution in [3.63, 3.8) is 0 Å². The van der Waals surface area contributed by atoms with Crippen molar-refractivity contribution in [3.05, 3.63) is 5.69 Å². The zero-order valence-electron chi connectivity index (χ0n) is 12.1. The third-order valence-electron chi connectivity index (χ3n) is 2.31. The first-order valence-electron chi connectivity index (χ1n) is 6.65. The van der Waals surface area contributed by atoms with Gasteiger partial charge in [-0.25, -0.2) is 0 Å². The van der Waals surface area contributed by atoms with Crippen LogP contribution in [0.5, 0.6) is 0 Å². The Hall–Kier alpha value is -0.800. The van der Waals surface area contributed by atoms with Crippen molar-refractivity contribution >= 4 is 16.5 Å². The van der Waals surface area contributed by atoms with Gasteiger partial charge in [0.1, 0.15) is 10.7 Å². The van der Waals surface area contributed by atoms with Crippen LogP contribution in [0.4, 0.5) is 5.00 Å². The van der Waals surface area contributed by atoms with Crippen LogP contribution < -0.4 is 5.32 Å². The summed E-state index contributed by atoms with van der Waals surface area (Å²) in [5, 5.41) is 8.19. The second-order valence-corrected chi connectivity index (χ2v) is 4.60. The number of anilines is 1. The predicted molar refractivity (Wildman–Crippen MR) is 77.2 cm³/mol. The van der Waals surface area contributed by atoms with E-state index in [0.717, 1.165) is 17.2 Å². The van der Waals surface area contributed by atoms with Crippen molar-refractivity contribution in [1.29, 1.82) is 0 Å². The van der Waals surface area contributed by atoms with E-state index in [2.05, 4.69) is 14.9 Å². The number of methoxy groups -OCH3 is 1. The maximum atomic E-state index is 5.49. The van der Waals surface area contributed by atoms with E-state index in [4.69, 9.17) is 18.9 Å². The molecule has 116 valence electrons. The molecule has 0 fully saturated rings. The third kappa shape index (κ3) is 7.71. The van der Waals surface area contributed by atoms with Crippen LogP contribution in [0.15, 0.2) is 0 Å². The molecule has 1 N–H and O–H groups in total. The van der Waals surface area contributed by atoms with Gasteiger partial charge in [0.05, 0.1) is 46.2 Å². The predicted octanol–water partition coefficient (Wildman–Crippen LogP) is 1.17.